The molecule has 5 nitrogen and oxygen atoms in total. The summed E-state index contributed by atoms with van der Waals surface area (Å²) in [6.07, 6.45) is 1.31. The molecule has 0 aliphatic heterocycles. The first-order valence-corrected chi connectivity index (χ1v) is 8.19. The third-order valence-corrected chi connectivity index (χ3v) is 4.51. The van der Waals surface area contributed by atoms with E-state index in [1.54, 1.807) is 6.92 Å². The van der Waals surface area contributed by atoms with E-state index < -0.39 is 46.3 Å². The zero-order valence-electron chi connectivity index (χ0n) is 14.8. The fraction of sp³-hybridized carbons (Fsp3) is 0.158. The maximum Gasteiger partial charge on any atom is 0.322 e. The van der Waals surface area contributed by atoms with Gasteiger partial charge in [0, 0.05) is 25.0 Å². The number of anilines is 1. The normalized spacial score (nSPS) is 12.1. The molecule has 0 saturated carbocycles. The van der Waals surface area contributed by atoms with E-state index in [1.807, 2.05) is 0 Å². The summed E-state index contributed by atoms with van der Waals surface area (Å²) in [5, 5.41) is 2.12. The van der Waals surface area contributed by atoms with Crippen molar-refractivity contribution in [1.29, 1.82) is 0 Å². The van der Waals surface area contributed by atoms with Gasteiger partial charge in [-0.25, -0.2) is 22.4 Å². The third-order valence-electron chi connectivity index (χ3n) is 4.51. The Labute approximate surface area is 156 Å². The SMILES string of the molecule is C[C@@H](c1c[nH]c(=O)c2c(F)c(F)ccc12)N(C)C(=O)Nc1ccc(F)c(F)c1. The Hall–Kier alpha value is -3.36. The van der Waals surface area contributed by atoms with Crippen molar-refractivity contribution in [3.63, 3.8) is 0 Å². The Morgan fingerprint density at radius 3 is 2.43 bits per heavy atom. The lowest BCUT2D eigenvalue weighted by Crippen LogP contribution is -2.34. The number of amides is 2. The average Bonchev–Trinajstić information content (AvgIpc) is 2.66. The number of nitrogens with zero attached hydrogens (tertiary/aromatic N) is 1. The molecule has 0 aliphatic rings. The van der Waals surface area contributed by atoms with E-state index in [4.69, 9.17) is 0 Å². The van der Waals surface area contributed by atoms with Gasteiger partial charge in [0.15, 0.2) is 23.3 Å². The minimum Gasteiger partial charge on any atom is -0.328 e. The number of carbonyl (C=O) groups excluding carboxylic acids is 1. The number of halogens is 4. The van der Waals surface area contributed by atoms with Crippen LogP contribution in [0.3, 0.4) is 0 Å². The molecule has 3 aromatic rings. The predicted octanol–water partition coefficient (Wildman–Crippen LogP) is 4.31. The van der Waals surface area contributed by atoms with Gasteiger partial charge in [0.1, 0.15) is 0 Å². The standard InChI is InChI=1S/C19H15F4N3O2/c1-9(26(2)19(28)25-10-3-5-13(20)15(22)7-10)12-8-24-18(27)16-11(12)4-6-14(21)17(16)23/h3-9H,1-2H3,(H,24,27)(H,25,28)/t9-/m0/s1. The number of aromatic amines is 1. The first-order valence-electron chi connectivity index (χ1n) is 8.19. The lowest BCUT2D eigenvalue weighted by atomic mass is 10.0. The Balaban J connectivity index is 1.93. The molecular weight excluding hydrogens is 378 g/mol. The van der Waals surface area contributed by atoms with Crippen LogP contribution < -0.4 is 10.9 Å². The number of nitrogens with one attached hydrogen (secondary N) is 2. The molecule has 2 amide bonds. The van der Waals surface area contributed by atoms with Gasteiger partial charge in [-0.3, -0.25) is 4.79 Å². The van der Waals surface area contributed by atoms with Crippen molar-refractivity contribution < 1.29 is 22.4 Å². The van der Waals surface area contributed by atoms with Crippen LogP contribution in [0.5, 0.6) is 0 Å². The van der Waals surface area contributed by atoms with Crippen LogP contribution in [-0.2, 0) is 0 Å². The van der Waals surface area contributed by atoms with Gasteiger partial charge in [0.25, 0.3) is 5.56 Å². The highest BCUT2D eigenvalue weighted by molar-refractivity contribution is 5.90. The highest BCUT2D eigenvalue weighted by Crippen LogP contribution is 2.28. The molecule has 1 atom stereocenters. The Bertz CT molecular complexity index is 1130. The lowest BCUT2D eigenvalue weighted by molar-refractivity contribution is 0.208. The molecule has 0 unspecified atom stereocenters. The smallest absolute Gasteiger partial charge is 0.322 e. The topological polar surface area (TPSA) is 65.2 Å². The molecule has 1 heterocycles. The van der Waals surface area contributed by atoms with Crippen molar-refractivity contribution in [2.75, 3.05) is 12.4 Å². The molecule has 28 heavy (non-hydrogen) atoms. The zero-order chi connectivity index (χ0) is 20.6. The lowest BCUT2D eigenvalue weighted by Gasteiger charge is -2.26. The molecule has 0 spiro atoms. The van der Waals surface area contributed by atoms with Crippen LogP contribution in [0.1, 0.15) is 18.5 Å². The summed E-state index contributed by atoms with van der Waals surface area (Å²) in [6.45, 7) is 1.61. The van der Waals surface area contributed by atoms with Crippen LogP contribution in [0.4, 0.5) is 28.0 Å². The number of carbonyl (C=O) groups is 1. The van der Waals surface area contributed by atoms with E-state index in [0.717, 1.165) is 18.2 Å². The third kappa shape index (κ3) is 3.42. The van der Waals surface area contributed by atoms with Crippen LogP contribution in [0.15, 0.2) is 41.3 Å². The van der Waals surface area contributed by atoms with Crippen molar-refractivity contribution in [2.45, 2.75) is 13.0 Å². The number of urea groups is 1. The van der Waals surface area contributed by atoms with Crippen LogP contribution in [-0.4, -0.2) is 23.0 Å². The number of rotatable bonds is 3. The van der Waals surface area contributed by atoms with Crippen LogP contribution in [0, 0.1) is 23.3 Å². The summed E-state index contributed by atoms with van der Waals surface area (Å²) in [5.74, 6) is -4.60. The molecule has 0 bridgehead atoms. The van der Waals surface area contributed by atoms with Gasteiger partial charge in [-0.15, -0.1) is 0 Å². The molecule has 3 rings (SSSR count). The molecule has 2 N–H and O–H groups in total. The number of hydrogen-bond acceptors (Lipinski definition) is 2. The Kier molecular flexibility index (Phi) is 5.08. The summed E-state index contributed by atoms with van der Waals surface area (Å²) in [7, 11) is 1.43. The molecule has 1 aromatic heterocycles. The minimum absolute atomic E-state index is 0.0439. The van der Waals surface area contributed by atoms with Gasteiger partial charge >= 0.3 is 6.03 Å². The highest BCUT2D eigenvalue weighted by Gasteiger charge is 2.22. The van der Waals surface area contributed by atoms with E-state index in [-0.39, 0.29) is 11.1 Å². The number of benzene rings is 2. The number of pyridine rings is 1. The number of fused-ring (bicyclic) bond motifs is 1. The number of aromatic nitrogens is 1. The van der Waals surface area contributed by atoms with Gasteiger partial charge < -0.3 is 15.2 Å². The molecule has 0 fully saturated rings. The van der Waals surface area contributed by atoms with Crippen molar-refractivity contribution in [2.24, 2.45) is 0 Å². The maximum atomic E-state index is 14.1. The molecule has 2 aromatic carbocycles. The zero-order valence-corrected chi connectivity index (χ0v) is 14.8. The van der Waals surface area contributed by atoms with Crippen molar-refractivity contribution in [3.05, 3.63) is 75.7 Å². The first kappa shape index (κ1) is 19.4. The fourth-order valence-electron chi connectivity index (χ4n) is 2.82. The molecular formula is C19H15F4N3O2. The largest absolute Gasteiger partial charge is 0.328 e. The summed E-state index contributed by atoms with van der Waals surface area (Å²) in [4.78, 5) is 27.9. The maximum absolute atomic E-state index is 14.1. The van der Waals surface area contributed by atoms with E-state index in [1.165, 1.54) is 30.3 Å². The molecule has 0 saturated heterocycles. The summed E-state index contributed by atoms with van der Waals surface area (Å²) < 4.78 is 53.9. The van der Waals surface area contributed by atoms with Gasteiger partial charge in [0.05, 0.1) is 11.4 Å². The second-order valence-electron chi connectivity index (χ2n) is 6.20. The molecule has 146 valence electrons. The molecule has 0 radical (unpaired) electrons. The second-order valence-corrected chi connectivity index (χ2v) is 6.20. The Morgan fingerprint density at radius 2 is 1.75 bits per heavy atom. The van der Waals surface area contributed by atoms with Crippen molar-refractivity contribution in [3.8, 4) is 0 Å². The predicted molar refractivity (Wildman–Crippen MR) is 96.0 cm³/mol. The summed E-state index contributed by atoms with van der Waals surface area (Å²) in [5.41, 5.74) is -0.379. The van der Waals surface area contributed by atoms with Gasteiger partial charge in [0.2, 0.25) is 0 Å². The quantitative estimate of drug-likeness (QED) is 0.652. The van der Waals surface area contributed by atoms with Crippen molar-refractivity contribution >= 4 is 22.5 Å². The van der Waals surface area contributed by atoms with E-state index >= 15 is 0 Å². The Morgan fingerprint density at radius 1 is 1.07 bits per heavy atom. The van der Waals surface area contributed by atoms with Gasteiger partial charge in [-0.2, -0.15) is 0 Å². The van der Waals surface area contributed by atoms with Crippen LogP contribution >= 0.6 is 0 Å². The summed E-state index contributed by atoms with van der Waals surface area (Å²) in [6, 6.07) is 3.74. The number of hydrogen-bond donors (Lipinski definition) is 2. The average molecular weight is 393 g/mol. The summed E-state index contributed by atoms with van der Waals surface area (Å²) >= 11 is 0. The van der Waals surface area contributed by atoms with E-state index in [9.17, 15) is 27.2 Å². The minimum atomic E-state index is -1.28. The van der Waals surface area contributed by atoms with Crippen LogP contribution in [0.25, 0.3) is 10.8 Å². The fourth-order valence-corrected chi connectivity index (χ4v) is 2.82. The first-order chi connectivity index (χ1) is 13.2. The highest BCUT2D eigenvalue weighted by atomic mass is 19.2. The monoisotopic (exact) mass is 393 g/mol. The van der Waals surface area contributed by atoms with Crippen LogP contribution in [0.2, 0.25) is 0 Å². The van der Waals surface area contributed by atoms with E-state index in [2.05, 4.69) is 10.3 Å². The van der Waals surface area contributed by atoms with E-state index in [0.29, 0.717) is 5.56 Å². The molecule has 0 aliphatic carbocycles. The number of H-pyrrole nitrogens is 1. The van der Waals surface area contributed by atoms with Gasteiger partial charge in [-0.05, 0) is 36.1 Å². The molecule has 9 heteroatoms. The second kappa shape index (κ2) is 7.34. The van der Waals surface area contributed by atoms with Crippen molar-refractivity contribution in [1.82, 2.24) is 9.88 Å². The van der Waals surface area contributed by atoms with Gasteiger partial charge in [-0.1, -0.05) is 6.07 Å².